The van der Waals surface area contributed by atoms with Gasteiger partial charge in [-0.1, -0.05) is 0 Å². The van der Waals surface area contributed by atoms with E-state index in [2.05, 4.69) is 17.6 Å². The summed E-state index contributed by atoms with van der Waals surface area (Å²) in [5.74, 6) is 0.244. The Morgan fingerprint density at radius 3 is 2.30 bits per heavy atom. The first-order chi connectivity index (χ1) is 9.56. The number of amides is 2. The maximum Gasteiger partial charge on any atom is 0.251 e. The van der Waals surface area contributed by atoms with E-state index >= 15 is 0 Å². The molecule has 0 spiro atoms. The molecule has 2 aliphatic rings. The number of hydrogen-bond donors (Lipinski definition) is 2. The summed E-state index contributed by atoms with van der Waals surface area (Å²) in [7, 11) is 0. The van der Waals surface area contributed by atoms with Crippen LogP contribution in [0.5, 0.6) is 0 Å². The van der Waals surface area contributed by atoms with Crippen LogP contribution in [0.25, 0.3) is 0 Å². The summed E-state index contributed by atoms with van der Waals surface area (Å²) in [6.45, 7) is 2.08. The third kappa shape index (κ3) is 2.84. The summed E-state index contributed by atoms with van der Waals surface area (Å²) in [6.07, 6.45) is 5.27. The van der Waals surface area contributed by atoms with Crippen LogP contribution in [0.4, 0.5) is 5.69 Å². The van der Waals surface area contributed by atoms with Gasteiger partial charge in [-0.05, 0) is 63.3 Å². The molecule has 20 heavy (non-hydrogen) atoms. The number of carbonyl (C=O) groups is 2. The molecule has 2 aliphatic carbocycles. The maximum absolute atomic E-state index is 12.1. The molecular weight excluding hydrogens is 252 g/mol. The van der Waals surface area contributed by atoms with Gasteiger partial charge in [-0.3, -0.25) is 9.59 Å². The van der Waals surface area contributed by atoms with Crippen LogP contribution in [0.3, 0.4) is 0 Å². The molecule has 0 bridgehead atoms. The smallest absolute Gasteiger partial charge is 0.251 e. The standard InChI is InChI=1S/C16H20N2O2/c1-16(9-2-10-16)18-15(20)12-5-7-13(8-6-12)17-14(19)11-3-4-11/h5-8,11H,2-4,9-10H2,1H3,(H,17,19)(H,18,20). The maximum atomic E-state index is 12.1. The Hall–Kier alpha value is -1.84. The third-order valence-electron chi connectivity index (χ3n) is 4.24. The van der Waals surface area contributed by atoms with Crippen LogP contribution in [0, 0.1) is 5.92 Å². The van der Waals surface area contributed by atoms with Crippen LogP contribution in [0.15, 0.2) is 24.3 Å². The summed E-state index contributed by atoms with van der Waals surface area (Å²) in [6, 6.07) is 7.11. The van der Waals surface area contributed by atoms with Gasteiger partial charge in [0.05, 0.1) is 0 Å². The second-order valence-corrected chi connectivity index (χ2v) is 6.21. The monoisotopic (exact) mass is 272 g/mol. The highest BCUT2D eigenvalue weighted by Crippen LogP contribution is 2.31. The first kappa shape index (κ1) is 13.2. The van der Waals surface area contributed by atoms with Gasteiger partial charge in [0.25, 0.3) is 5.91 Å². The number of hydrogen-bond acceptors (Lipinski definition) is 2. The topological polar surface area (TPSA) is 58.2 Å². The van der Waals surface area contributed by atoms with E-state index in [1.807, 2.05) is 0 Å². The van der Waals surface area contributed by atoms with E-state index in [4.69, 9.17) is 0 Å². The molecule has 0 atom stereocenters. The molecule has 0 radical (unpaired) electrons. The van der Waals surface area contributed by atoms with Gasteiger partial charge < -0.3 is 10.6 Å². The number of benzene rings is 1. The molecule has 1 aromatic carbocycles. The highest BCUT2D eigenvalue weighted by atomic mass is 16.2. The average Bonchev–Trinajstić information content (AvgIpc) is 3.22. The number of anilines is 1. The molecule has 3 rings (SSSR count). The summed E-state index contributed by atoms with van der Waals surface area (Å²) in [5, 5.41) is 5.94. The lowest BCUT2D eigenvalue weighted by Gasteiger charge is -2.39. The van der Waals surface area contributed by atoms with Crippen LogP contribution < -0.4 is 10.6 Å². The van der Waals surface area contributed by atoms with Gasteiger partial charge in [-0.2, -0.15) is 0 Å². The first-order valence-corrected chi connectivity index (χ1v) is 7.29. The Morgan fingerprint density at radius 2 is 1.80 bits per heavy atom. The van der Waals surface area contributed by atoms with Gasteiger partial charge in [0.2, 0.25) is 5.91 Å². The summed E-state index contributed by atoms with van der Waals surface area (Å²) < 4.78 is 0. The predicted molar refractivity (Wildman–Crippen MR) is 77.5 cm³/mol. The van der Waals surface area contributed by atoms with Gasteiger partial charge in [-0.15, -0.1) is 0 Å². The van der Waals surface area contributed by atoms with Gasteiger partial charge >= 0.3 is 0 Å². The van der Waals surface area contributed by atoms with Crippen molar-refractivity contribution in [3.05, 3.63) is 29.8 Å². The molecule has 4 nitrogen and oxygen atoms in total. The van der Waals surface area contributed by atoms with E-state index in [-0.39, 0.29) is 23.3 Å². The highest BCUT2D eigenvalue weighted by molar-refractivity contribution is 5.97. The Kier molecular flexibility index (Phi) is 3.24. The lowest BCUT2D eigenvalue weighted by Crippen LogP contribution is -2.50. The van der Waals surface area contributed by atoms with E-state index in [9.17, 15) is 9.59 Å². The van der Waals surface area contributed by atoms with Gasteiger partial charge in [0.1, 0.15) is 0 Å². The highest BCUT2D eigenvalue weighted by Gasteiger charge is 2.33. The van der Waals surface area contributed by atoms with E-state index in [0.29, 0.717) is 5.56 Å². The predicted octanol–water partition coefficient (Wildman–Crippen LogP) is 2.71. The second-order valence-electron chi connectivity index (χ2n) is 6.21. The Labute approximate surface area is 118 Å². The second kappa shape index (κ2) is 4.93. The average molecular weight is 272 g/mol. The fraction of sp³-hybridized carbons (Fsp3) is 0.500. The lowest BCUT2D eigenvalue weighted by atomic mass is 9.78. The van der Waals surface area contributed by atoms with Crippen molar-refractivity contribution in [2.75, 3.05) is 5.32 Å². The molecule has 0 aromatic heterocycles. The first-order valence-electron chi connectivity index (χ1n) is 7.29. The molecule has 4 heteroatoms. The van der Waals surface area contributed by atoms with Crippen molar-refractivity contribution >= 4 is 17.5 Å². The van der Waals surface area contributed by atoms with Crippen molar-refractivity contribution < 1.29 is 9.59 Å². The number of rotatable bonds is 4. The van der Waals surface area contributed by atoms with E-state index in [1.54, 1.807) is 24.3 Å². The van der Waals surface area contributed by atoms with Crippen LogP contribution in [-0.2, 0) is 4.79 Å². The van der Waals surface area contributed by atoms with Gasteiger partial charge in [0.15, 0.2) is 0 Å². The number of carbonyl (C=O) groups excluding carboxylic acids is 2. The minimum atomic E-state index is -0.0349. The molecule has 0 saturated heterocycles. The normalized spacial score (nSPS) is 19.9. The van der Waals surface area contributed by atoms with E-state index in [0.717, 1.165) is 31.4 Å². The molecule has 0 aliphatic heterocycles. The molecule has 2 N–H and O–H groups in total. The molecule has 2 saturated carbocycles. The molecular formula is C16H20N2O2. The van der Waals surface area contributed by atoms with Gasteiger partial charge in [0, 0.05) is 22.7 Å². The third-order valence-corrected chi connectivity index (χ3v) is 4.24. The summed E-state index contributed by atoms with van der Waals surface area (Å²) in [5.41, 5.74) is 1.37. The summed E-state index contributed by atoms with van der Waals surface area (Å²) >= 11 is 0. The zero-order chi connectivity index (χ0) is 14.2. The van der Waals surface area contributed by atoms with Crippen molar-refractivity contribution in [2.24, 2.45) is 5.92 Å². The Balaban J connectivity index is 1.60. The quantitative estimate of drug-likeness (QED) is 0.885. The fourth-order valence-electron chi connectivity index (χ4n) is 2.47. The van der Waals surface area contributed by atoms with E-state index in [1.165, 1.54) is 6.42 Å². The Bertz CT molecular complexity index is 528. The molecule has 1 aromatic rings. The zero-order valence-corrected chi connectivity index (χ0v) is 11.7. The molecule has 0 unspecified atom stereocenters. The van der Waals surface area contributed by atoms with Crippen molar-refractivity contribution in [1.82, 2.24) is 5.32 Å². The SMILES string of the molecule is CC1(NC(=O)c2ccc(NC(=O)C3CC3)cc2)CCC1. The minimum Gasteiger partial charge on any atom is -0.347 e. The van der Waals surface area contributed by atoms with Crippen molar-refractivity contribution in [1.29, 1.82) is 0 Å². The largest absolute Gasteiger partial charge is 0.347 e. The molecule has 0 heterocycles. The van der Waals surface area contributed by atoms with Crippen molar-refractivity contribution in [2.45, 2.75) is 44.6 Å². The number of nitrogens with one attached hydrogen (secondary N) is 2. The molecule has 2 amide bonds. The molecule has 2 fully saturated rings. The Morgan fingerprint density at radius 1 is 1.15 bits per heavy atom. The van der Waals surface area contributed by atoms with Crippen LogP contribution in [-0.4, -0.2) is 17.4 Å². The van der Waals surface area contributed by atoms with E-state index < -0.39 is 0 Å². The lowest BCUT2D eigenvalue weighted by molar-refractivity contribution is -0.117. The minimum absolute atomic E-state index is 0.0318. The molecule has 106 valence electrons. The van der Waals surface area contributed by atoms with Crippen LogP contribution >= 0.6 is 0 Å². The van der Waals surface area contributed by atoms with Crippen molar-refractivity contribution in [3.63, 3.8) is 0 Å². The zero-order valence-electron chi connectivity index (χ0n) is 11.7. The fourth-order valence-corrected chi connectivity index (χ4v) is 2.47. The van der Waals surface area contributed by atoms with Crippen LogP contribution in [0.1, 0.15) is 49.4 Å². The van der Waals surface area contributed by atoms with Gasteiger partial charge in [-0.25, -0.2) is 0 Å². The van der Waals surface area contributed by atoms with Crippen LogP contribution in [0.2, 0.25) is 0 Å². The van der Waals surface area contributed by atoms with Crippen molar-refractivity contribution in [3.8, 4) is 0 Å². The summed E-state index contributed by atoms with van der Waals surface area (Å²) in [4.78, 5) is 23.7.